The van der Waals surface area contributed by atoms with Crippen LogP contribution < -0.4 is 14.4 Å². The predicted octanol–water partition coefficient (Wildman–Crippen LogP) is 4.32. The molecule has 0 atom stereocenters. The molecule has 2 aromatic rings. The second kappa shape index (κ2) is 6.89. The van der Waals surface area contributed by atoms with Gasteiger partial charge in [0.05, 0.1) is 32.9 Å². The lowest BCUT2D eigenvalue weighted by molar-refractivity contribution is -0.117. The van der Waals surface area contributed by atoms with Crippen molar-refractivity contribution in [3.05, 3.63) is 46.4 Å². The van der Waals surface area contributed by atoms with Crippen molar-refractivity contribution in [3.63, 3.8) is 0 Å². The molecule has 0 bridgehead atoms. The first-order valence-corrected chi connectivity index (χ1v) is 10.3. The molecule has 0 unspecified atom stereocenters. The van der Waals surface area contributed by atoms with Gasteiger partial charge in [0.1, 0.15) is 11.4 Å². The maximum absolute atomic E-state index is 12.8. The molecule has 1 amide bonds. The molecule has 0 saturated heterocycles. The second-order valence-corrected chi connectivity index (χ2v) is 9.33. The van der Waals surface area contributed by atoms with Crippen LogP contribution in [0.4, 0.5) is 11.4 Å². The summed E-state index contributed by atoms with van der Waals surface area (Å²) in [6, 6.07) is 8.84. The van der Waals surface area contributed by atoms with Gasteiger partial charge in [-0.3, -0.25) is 9.52 Å². The Balaban J connectivity index is 1.99. The molecule has 1 aliphatic heterocycles. The molecule has 1 heterocycles. The predicted molar refractivity (Wildman–Crippen MR) is 106 cm³/mol. The first-order valence-electron chi connectivity index (χ1n) is 8.07. The molecule has 0 spiro atoms. The van der Waals surface area contributed by atoms with Crippen LogP contribution >= 0.6 is 23.2 Å². The summed E-state index contributed by atoms with van der Waals surface area (Å²) < 4.78 is 33.8. The third kappa shape index (κ3) is 4.15. The number of nitrogens with one attached hydrogen (secondary N) is 1. The van der Waals surface area contributed by atoms with Crippen molar-refractivity contribution in [2.75, 3.05) is 16.2 Å². The number of rotatable bonds is 3. The average Bonchev–Trinajstić information content (AvgIpc) is 2.56. The fraction of sp³-hybridized carbons (Fsp3) is 0.278. The number of benzene rings is 2. The van der Waals surface area contributed by atoms with E-state index in [-0.39, 0.29) is 21.5 Å². The summed E-state index contributed by atoms with van der Waals surface area (Å²) in [6.07, 6.45) is 0. The van der Waals surface area contributed by atoms with Crippen molar-refractivity contribution < 1.29 is 17.9 Å². The Morgan fingerprint density at radius 2 is 1.85 bits per heavy atom. The molecule has 9 heteroatoms. The highest BCUT2D eigenvalue weighted by molar-refractivity contribution is 7.92. The van der Waals surface area contributed by atoms with Gasteiger partial charge in [-0.25, -0.2) is 8.42 Å². The van der Waals surface area contributed by atoms with E-state index >= 15 is 0 Å². The third-order valence-electron chi connectivity index (χ3n) is 4.01. The van der Waals surface area contributed by atoms with Gasteiger partial charge in [-0.15, -0.1) is 0 Å². The normalized spacial score (nSPS) is 15.7. The van der Waals surface area contributed by atoms with Gasteiger partial charge in [0.15, 0.2) is 0 Å². The first kappa shape index (κ1) is 19.8. The quantitative estimate of drug-likeness (QED) is 0.789. The minimum absolute atomic E-state index is 0.00174. The van der Waals surface area contributed by atoms with Gasteiger partial charge in [-0.05, 0) is 50.2 Å². The van der Waals surface area contributed by atoms with Crippen LogP contribution in [0.25, 0.3) is 0 Å². The van der Waals surface area contributed by atoms with E-state index in [4.69, 9.17) is 27.9 Å². The zero-order chi connectivity index (χ0) is 20.0. The lowest BCUT2D eigenvalue weighted by atomic mass is 10.1. The standard InChI is InChI=1S/C18H18Cl2N2O4S/c1-11(23)22-10-18(2,3)26-17-7-5-13(9-16(17)22)27(24,25)21-12-4-6-14(19)15(20)8-12/h4-9,21H,10H2,1-3H3. The Morgan fingerprint density at radius 3 is 2.48 bits per heavy atom. The van der Waals surface area contributed by atoms with Gasteiger partial charge in [-0.1, -0.05) is 23.2 Å². The average molecular weight is 429 g/mol. The van der Waals surface area contributed by atoms with Gasteiger partial charge in [0.25, 0.3) is 10.0 Å². The van der Waals surface area contributed by atoms with Crippen LogP contribution in [0, 0.1) is 0 Å². The largest absolute Gasteiger partial charge is 0.484 e. The van der Waals surface area contributed by atoms with Crippen molar-refractivity contribution >= 4 is 50.5 Å². The monoisotopic (exact) mass is 428 g/mol. The summed E-state index contributed by atoms with van der Waals surface area (Å²) in [5.74, 6) is 0.259. The second-order valence-electron chi connectivity index (χ2n) is 6.83. The number of carbonyl (C=O) groups is 1. The molecule has 3 rings (SSSR count). The van der Waals surface area contributed by atoms with Gasteiger partial charge in [0, 0.05) is 6.92 Å². The van der Waals surface area contributed by atoms with E-state index < -0.39 is 15.6 Å². The van der Waals surface area contributed by atoms with Crippen LogP contribution in [-0.2, 0) is 14.8 Å². The molecule has 144 valence electrons. The topological polar surface area (TPSA) is 75.7 Å². The maximum atomic E-state index is 12.8. The molecule has 0 saturated carbocycles. The minimum atomic E-state index is -3.90. The number of ether oxygens (including phenoxy) is 1. The highest BCUT2D eigenvalue weighted by atomic mass is 35.5. The molecule has 2 aromatic carbocycles. The van der Waals surface area contributed by atoms with E-state index in [2.05, 4.69) is 4.72 Å². The van der Waals surface area contributed by atoms with Crippen LogP contribution in [0.1, 0.15) is 20.8 Å². The lowest BCUT2D eigenvalue weighted by Crippen LogP contribution is -2.48. The van der Waals surface area contributed by atoms with E-state index in [9.17, 15) is 13.2 Å². The SMILES string of the molecule is CC(=O)N1CC(C)(C)Oc2ccc(S(=O)(=O)Nc3ccc(Cl)c(Cl)c3)cc21. The maximum Gasteiger partial charge on any atom is 0.261 e. The Kier molecular flexibility index (Phi) is 5.05. The summed E-state index contributed by atoms with van der Waals surface area (Å²) >= 11 is 11.8. The molecule has 0 fully saturated rings. The van der Waals surface area contributed by atoms with E-state index in [1.165, 1.54) is 42.2 Å². The van der Waals surface area contributed by atoms with Gasteiger partial charge in [0.2, 0.25) is 5.91 Å². The Morgan fingerprint density at radius 1 is 1.15 bits per heavy atom. The number of nitrogens with zero attached hydrogens (tertiary/aromatic N) is 1. The number of anilines is 2. The van der Waals surface area contributed by atoms with Crippen molar-refractivity contribution in [1.29, 1.82) is 0 Å². The molecule has 27 heavy (non-hydrogen) atoms. The van der Waals surface area contributed by atoms with Crippen molar-refractivity contribution in [2.24, 2.45) is 0 Å². The number of hydrogen-bond acceptors (Lipinski definition) is 4. The first-order chi connectivity index (χ1) is 12.5. The number of hydrogen-bond donors (Lipinski definition) is 1. The van der Waals surface area contributed by atoms with E-state index in [0.29, 0.717) is 23.0 Å². The third-order valence-corrected chi connectivity index (χ3v) is 6.13. The molecular formula is C18H18Cl2N2O4S. The van der Waals surface area contributed by atoms with Crippen LogP contribution in [-0.4, -0.2) is 26.5 Å². The number of sulfonamides is 1. The van der Waals surface area contributed by atoms with Gasteiger partial charge >= 0.3 is 0 Å². The van der Waals surface area contributed by atoms with E-state index in [1.54, 1.807) is 6.07 Å². The summed E-state index contributed by atoms with van der Waals surface area (Å²) in [6.45, 7) is 5.48. The fourth-order valence-corrected chi connectivity index (χ4v) is 4.18. The fourth-order valence-electron chi connectivity index (χ4n) is 2.81. The van der Waals surface area contributed by atoms with E-state index in [0.717, 1.165) is 0 Å². The molecule has 1 aliphatic rings. The molecule has 0 aliphatic carbocycles. The Labute approximate surface area is 168 Å². The van der Waals surface area contributed by atoms with Crippen LogP contribution in [0.15, 0.2) is 41.3 Å². The number of fused-ring (bicyclic) bond motifs is 1. The zero-order valence-electron chi connectivity index (χ0n) is 14.9. The molecule has 6 nitrogen and oxygen atoms in total. The molecule has 0 aromatic heterocycles. The Bertz CT molecular complexity index is 1020. The molecular weight excluding hydrogens is 411 g/mol. The van der Waals surface area contributed by atoms with E-state index in [1.807, 2.05) is 13.8 Å². The summed E-state index contributed by atoms with van der Waals surface area (Å²) in [5, 5.41) is 0.561. The lowest BCUT2D eigenvalue weighted by Gasteiger charge is -2.39. The summed E-state index contributed by atoms with van der Waals surface area (Å²) in [5.41, 5.74) is 0.124. The Hall–Kier alpha value is -1.96. The zero-order valence-corrected chi connectivity index (χ0v) is 17.2. The smallest absolute Gasteiger partial charge is 0.261 e. The van der Waals surface area contributed by atoms with Gasteiger partial charge in [-0.2, -0.15) is 0 Å². The summed E-state index contributed by atoms with van der Waals surface area (Å²) in [4.78, 5) is 13.6. The highest BCUT2D eigenvalue weighted by Crippen LogP contribution is 2.39. The van der Waals surface area contributed by atoms with Crippen molar-refractivity contribution in [1.82, 2.24) is 0 Å². The number of carbonyl (C=O) groups excluding carboxylic acids is 1. The number of amides is 1. The van der Waals surface area contributed by atoms with Gasteiger partial charge < -0.3 is 9.64 Å². The molecule has 1 N–H and O–H groups in total. The molecule has 0 radical (unpaired) electrons. The van der Waals surface area contributed by atoms with Crippen molar-refractivity contribution in [2.45, 2.75) is 31.3 Å². The highest BCUT2D eigenvalue weighted by Gasteiger charge is 2.34. The minimum Gasteiger partial charge on any atom is -0.484 e. The van der Waals surface area contributed by atoms with Crippen molar-refractivity contribution in [3.8, 4) is 5.75 Å². The van der Waals surface area contributed by atoms with Crippen LogP contribution in [0.2, 0.25) is 10.0 Å². The van der Waals surface area contributed by atoms with Crippen LogP contribution in [0.5, 0.6) is 5.75 Å². The number of halogens is 2. The summed E-state index contributed by atoms with van der Waals surface area (Å²) in [7, 11) is -3.90. The van der Waals surface area contributed by atoms with Crippen LogP contribution in [0.3, 0.4) is 0 Å².